The molecule has 2 N–H and O–H groups in total. The Kier molecular flexibility index (Phi) is 7.48. The molecule has 0 saturated carbocycles. The summed E-state index contributed by atoms with van der Waals surface area (Å²) >= 11 is 0. The molecule has 0 bridgehead atoms. The van der Waals surface area contributed by atoms with Gasteiger partial charge in [0, 0.05) is 19.5 Å². The van der Waals surface area contributed by atoms with E-state index in [-0.39, 0.29) is 5.91 Å². The minimum atomic E-state index is 0.277. The van der Waals surface area contributed by atoms with E-state index in [2.05, 4.69) is 6.92 Å². The predicted molar refractivity (Wildman–Crippen MR) is 60.0 cm³/mol. The fraction of sp³-hybridized carbons (Fsp3) is 0.909. The van der Waals surface area contributed by atoms with Crippen LogP contribution in [0.1, 0.15) is 40.0 Å². The van der Waals surface area contributed by atoms with E-state index in [1.807, 2.05) is 18.7 Å². The summed E-state index contributed by atoms with van der Waals surface area (Å²) in [6, 6.07) is 0. The standard InChI is InChI=1S/C11H24N2O/c1-4-13(5-2)11(14)7-6-10(3)8-9-12/h10H,4-9,12H2,1-3H3. The van der Waals surface area contributed by atoms with Crippen molar-refractivity contribution in [2.75, 3.05) is 19.6 Å². The lowest BCUT2D eigenvalue weighted by Crippen LogP contribution is -2.30. The van der Waals surface area contributed by atoms with Crippen LogP contribution < -0.4 is 5.73 Å². The lowest BCUT2D eigenvalue weighted by atomic mass is 10.0. The SMILES string of the molecule is CCN(CC)C(=O)CCC(C)CCN. The Labute approximate surface area is 87.6 Å². The molecule has 0 aliphatic carbocycles. The second kappa shape index (κ2) is 7.80. The molecule has 1 unspecified atom stereocenters. The molecule has 0 rings (SSSR count). The lowest BCUT2D eigenvalue weighted by molar-refractivity contribution is -0.131. The first-order valence-electron chi connectivity index (χ1n) is 5.63. The summed E-state index contributed by atoms with van der Waals surface area (Å²) in [5, 5.41) is 0. The minimum absolute atomic E-state index is 0.277. The van der Waals surface area contributed by atoms with Gasteiger partial charge in [-0.1, -0.05) is 6.92 Å². The molecule has 3 heteroatoms. The molecule has 0 spiro atoms. The van der Waals surface area contributed by atoms with Crippen molar-refractivity contribution in [1.29, 1.82) is 0 Å². The zero-order chi connectivity index (χ0) is 11.0. The molecule has 0 saturated heterocycles. The van der Waals surface area contributed by atoms with Crippen LogP contribution in [0.5, 0.6) is 0 Å². The van der Waals surface area contributed by atoms with Gasteiger partial charge in [0.15, 0.2) is 0 Å². The maximum absolute atomic E-state index is 11.6. The third-order valence-corrected chi connectivity index (χ3v) is 2.63. The molecule has 0 aromatic carbocycles. The molecule has 0 aliphatic rings. The summed E-state index contributed by atoms with van der Waals surface area (Å²) in [7, 11) is 0. The number of carbonyl (C=O) groups is 1. The van der Waals surface area contributed by atoms with Gasteiger partial charge in [-0.25, -0.2) is 0 Å². The third kappa shape index (κ3) is 5.22. The lowest BCUT2D eigenvalue weighted by Gasteiger charge is -2.19. The second-order valence-corrected chi connectivity index (χ2v) is 3.79. The van der Waals surface area contributed by atoms with E-state index in [0.29, 0.717) is 12.3 Å². The summed E-state index contributed by atoms with van der Waals surface area (Å²) in [4.78, 5) is 13.5. The Morgan fingerprint density at radius 2 is 1.86 bits per heavy atom. The highest BCUT2D eigenvalue weighted by molar-refractivity contribution is 5.76. The van der Waals surface area contributed by atoms with Crippen LogP contribution in [0.3, 0.4) is 0 Å². The average molecular weight is 200 g/mol. The van der Waals surface area contributed by atoms with Crippen LogP contribution in [0.2, 0.25) is 0 Å². The van der Waals surface area contributed by atoms with E-state index >= 15 is 0 Å². The number of rotatable bonds is 7. The van der Waals surface area contributed by atoms with E-state index in [4.69, 9.17) is 5.73 Å². The van der Waals surface area contributed by atoms with Gasteiger partial charge in [0.05, 0.1) is 0 Å². The van der Waals surface area contributed by atoms with Crippen molar-refractivity contribution < 1.29 is 4.79 Å². The van der Waals surface area contributed by atoms with E-state index in [0.717, 1.165) is 32.5 Å². The van der Waals surface area contributed by atoms with Gasteiger partial charge in [-0.3, -0.25) is 4.79 Å². The molecular formula is C11H24N2O. The van der Waals surface area contributed by atoms with Gasteiger partial charge in [-0.15, -0.1) is 0 Å². The van der Waals surface area contributed by atoms with Gasteiger partial charge >= 0.3 is 0 Å². The maximum Gasteiger partial charge on any atom is 0.222 e. The van der Waals surface area contributed by atoms with Crippen molar-refractivity contribution in [2.45, 2.75) is 40.0 Å². The Balaban J connectivity index is 3.71. The highest BCUT2D eigenvalue weighted by Gasteiger charge is 2.10. The first-order chi connectivity index (χ1) is 6.65. The van der Waals surface area contributed by atoms with Gasteiger partial charge < -0.3 is 10.6 Å². The topological polar surface area (TPSA) is 46.3 Å². The highest BCUT2D eigenvalue weighted by atomic mass is 16.2. The van der Waals surface area contributed by atoms with Crippen LogP contribution in [0.4, 0.5) is 0 Å². The highest BCUT2D eigenvalue weighted by Crippen LogP contribution is 2.10. The van der Waals surface area contributed by atoms with Crippen molar-refractivity contribution in [1.82, 2.24) is 4.90 Å². The van der Waals surface area contributed by atoms with E-state index in [1.54, 1.807) is 0 Å². The summed E-state index contributed by atoms with van der Waals surface area (Å²) in [6.07, 6.45) is 2.65. The van der Waals surface area contributed by atoms with Crippen LogP contribution in [-0.4, -0.2) is 30.4 Å². The molecule has 1 amide bonds. The molecule has 84 valence electrons. The van der Waals surface area contributed by atoms with Gasteiger partial charge in [0.25, 0.3) is 0 Å². The molecule has 0 aromatic heterocycles. The summed E-state index contributed by atoms with van der Waals surface area (Å²) in [6.45, 7) is 8.56. The Hall–Kier alpha value is -0.570. The van der Waals surface area contributed by atoms with E-state index in [9.17, 15) is 4.79 Å². The molecule has 1 atom stereocenters. The van der Waals surface area contributed by atoms with Crippen LogP contribution >= 0.6 is 0 Å². The smallest absolute Gasteiger partial charge is 0.222 e. The van der Waals surface area contributed by atoms with Crippen molar-refractivity contribution in [3.8, 4) is 0 Å². The molecule has 0 aliphatic heterocycles. The monoisotopic (exact) mass is 200 g/mol. The van der Waals surface area contributed by atoms with Crippen LogP contribution in [-0.2, 0) is 4.79 Å². The van der Waals surface area contributed by atoms with Crippen molar-refractivity contribution in [3.05, 3.63) is 0 Å². The van der Waals surface area contributed by atoms with Crippen LogP contribution in [0.15, 0.2) is 0 Å². The number of carbonyl (C=O) groups excluding carboxylic acids is 1. The first kappa shape index (κ1) is 13.4. The molecule has 3 nitrogen and oxygen atoms in total. The number of nitrogens with two attached hydrogens (primary N) is 1. The largest absolute Gasteiger partial charge is 0.343 e. The molecule has 0 fully saturated rings. The van der Waals surface area contributed by atoms with Gasteiger partial charge in [-0.2, -0.15) is 0 Å². The molecule has 14 heavy (non-hydrogen) atoms. The first-order valence-corrected chi connectivity index (χ1v) is 5.63. The quantitative estimate of drug-likeness (QED) is 0.679. The predicted octanol–water partition coefficient (Wildman–Crippen LogP) is 1.62. The Morgan fingerprint density at radius 1 is 1.29 bits per heavy atom. The fourth-order valence-corrected chi connectivity index (χ4v) is 1.53. The zero-order valence-corrected chi connectivity index (χ0v) is 9.75. The van der Waals surface area contributed by atoms with Crippen molar-refractivity contribution >= 4 is 5.91 Å². The average Bonchev–Trinajstić information content (AvgIpc) is 2.17. The Morgan fingerprint density at radius 3 is 2.29 bits per heavy atom. The van der Waals surface area contributed by atoms with Gasteiger partial charge in [0.1, 0.15) is 0 Å². The van der Waals surface area contributed by atoms with Crippen molar-refractivity contribution in [3.63, 3.8) is 0 Å². The van der Waals surface area contributed by atoms with Crippen molar-refractivity contribution in [2.24, 2.45) is 11.7 Å². The molecule has 0 heterocycles. The van der Waals surface area contributed by atoms with E-state index < -0.39 is 0 Å². The van der Waals surface area contributed by atoms with E-state index in [1.165, 1.54) is 0 Å². The Bertz CT molecular complexity index is 155. The maximum atomic E-state index is 11.6. The third-order valence-electron chi connectivity index (χ3n) is 2.63. The van der Waals surface area contributed by atoms with Gasteiger partial charge in [0.2, 0.25) is 5.91 Å². The van der Waals surface area contributed by atoms with Crippen LogP contribution in [0, 0.1) is 5.92 Å². The number of amides is 1. The summed E-state index contributed by atoms with van der Waals surface area (Å²) < 4.78 is 0. The normalized spacial score (nSPS) is 12.6. The summed E-state index contributed by atoms with van der Waals surface area (Å²) in [5.41, 5.74) is 5.45. The van der Waals surface area contributed by atoms with Gasteiger partial charge in [-0.05, 0) is 39.2 Å². The fourth-order valence-electron chi connectivity index (χ4n) is 1.53. The zero-order valence-electron chi connectivity index (χ0n) is 9.75. The number of nitrogens with zero attached hydrogens (tertiary/aromatic N) is 1. The molecule has 0 aromatic rings. The minimum Gasteiger partial charge on any atom is -0.343 e. The molecular weight excluding hydrogens is 176 g/mol. The number of hydrogen-bond acceptors (Lipinski definition) is 2. The molecule has 0 radical (unpaired) electrons. The number of hydrogen-bond donors (Lipinski definition) is 1. The second-order valence-electron chi connectivity index (χ2n) is 3.79. The summed E-state index contributed by atoms with van der Waals surface area (Å²) in [5.74, 6) is 0.846. The van der Waals surface area contributed by atoms with Crippen LogP contribution in [0.25, 0.3) is 0 Å².